The average molecular weight is 368 g/mol. The monoisotopic (exact) mass is 367 g/mol. The molecule has 0 radical (unpaired) electrons. The molecule has 0 aliphatic rings. The first-order valence-corrected chi connectivity index (χ1v) is 8.90. The minimum atomic E-state index is 0.860. The van der Waals surface area contributed by atoms with E-state index in [0.29, 0.717) is 0 Å². The first-order valence-electron chi connectivity index (χ1n) is 7.29. The molecule has 0 fully saturated rings. The highest BCUT2D eigenvalue weighted by molar-refractivity contribution is 9.10. The fourth-order valence-electron chi connectivity index (χ4n) is 2.14. The third-order valence-corrected chi connectivity index (χ3v) is 5.31. The molecule has 5 heteroatoms. The molecule has 2 aromatic rings. The van der Waals surface area contributed by atoms with Gasteiger partial charge in [-0.15, -0.1) is 11.3 Å². The minimum Gasteiger partial charge on any atom is -0.347 e. The second kappa shape index (κ2) is 7.92. The maximum absolute atomic E-state index is 4.80. The summed E-state index contributed by atoms with van der Waals surface area (Å²) in [5.74, 6) is 0. The maximum Gasteiger partial charge on any atom is 0.185 e. The second-order valence-corrected chi connectivity index (χ2v) is 6.86. The topological polar surface area (TPSA) is 28.2 Å². The largest absolute Gasteiger partial charge is 0.347 e. The molecule has 1 aromatic heterocycles. The van der Waals surface area contributed by atoms with Crippen LogP contribution in [0.15, 0.2) is 28.7 Å². The number of halogens is 1. The van der Waals surface area contributed by atoms with Gasteiger partial charge in [-0.2, -0.15) is 0 Å². The van der Waals surface area contributed by atoms with Gasteiger partial charge in [0, 0.05) is 29.5 Å². The van der Waals surface area contributed by atoms with Gasteiger partial charge >= 0.3 is 0 Å². The first kappa shape index (κ1) is 16.5. The van der Waals surface area contributed by atoms with Crippen LogP contribution >= 0.6 is 27.3 Å². The molecule has 0 atom stereocenters. The van der Waals surface area contributed by atoms with E-state index in [1.165, 1.54) is 16.1 Å². The molecule has 1 N–H and O–H groups in total. The predicted molar refractivity (Wildman–Crippen MR) is 95.1 cm³/mol. The Balaban J connectivity index is 2.13. The summed E-state index contributed by atoms with van der Waals surface area (Å²) in [6.07, 6.45) is 0.986. The second-order valence-electron chi connectivity index (χ2n) is 4.95. The molecular formula is C16H22BrN3S. The van der Waals surface area contributed by atoms with Crippen molar-refractivity contribution in [3.05, 3.63) is 44.9 Å². The van der Waals surface area contributed by atoms with E-state index >= 15 is 0 Å². The van der Waals surface area contributed by atoms with E-state index in [-0.39, 0.29) is 0 Å². The van der Waals surface area contributed by atoms with Crippen LogP contribution in [-0.2, 0) is 19.5 Å². The summed E-state index contributed by atoms with van der Waals surface area (Å²) in [6, 6.07) is 8.35. The van der Waals surface area contributed by atoms with Gasteiger partial charge in [-0.1, -0.05) is 48.0 Å². The quantitative estimate of drug-likeness (QED) is 0.793. The maximum atomic E-state index is 4.80. The smallest absolute Gasteiger partial charge is 0.185 e. The van der Waals surface area contributed by atoms with Crippen molar-refractivity contribution in [2.45, 2.75) is 33.4 Å². The summed E-state index contributed by atoms with van der Waals surface area (Å²) in [5, 5.41) is 4.49. The lowest BCUT2D eigenvalue weighted by Crippen LogP contribution is -2.16. The number of nitrogens with zero attached hydrogens (tertiary/aromatic N) is 2. The molecule has 0 bridgehead atoms. The Morgan fingerprint density at radius 1 is 1.29 bits per heavy atom. The lowest BCUT2D eigenvalue weighted by Gasteiger charge is -2.16. The zero-order chi connectivity index (χ0) is 15.2. The number of anilines is 1. The number of aryl methyl sites for hydroxylation is 1. The Morgan fingerprint density at radius 3 is 2.71 bits per heavy atom. The molecule has 1 heterocycles. The number of rotatable bonds is 7. The standard InChI is InChI=1S/C16H22BrN3S/c1-4-14-15(10-18-5-2)21-16(19-14)20(3)11-12-8-6-7-9-13(12)17/h6-9,18H,4-5,10-11H2,1-3H3. The molecule has 21 heavy (non-hydrogen) atoms. The molecule has 0 saturated heterocycles. The summed E-state index contributed by atoms with van der Waals surface area (Å²) < 4.78 is 1.15. The van der Waals surface area contributed by atoms with Gasteiger partial charge in [-0.05, 0) is 24.6 Å². The molecule has 114 valence electrons. The zero-order valence-electron chi connectivity index (χ0n) is 12.8. The molecule has 2 rings (SSSR count). The van der Waals surface area contributed by atoms with Crippen LogP contribution in [0.2, 0.25) is 0 Å². The zero-order valence-corrected chi connectivity index (χ0v) is 15.2. The normalized spacial score (nSPS) is 10.9. The molecule has 1 aromatic carbocycles. The highest BCUT2D eigenvalue weighted by Crippen LogP contribution is 2.28. The van der Waals surface area contributed by atoms with Gasteiger partial charge in [0.2, 0.25) is 0 Å². The van der Waals surface area contributed by atoms with Crippen LogP contribution in [0.25, 0.3) is 0 Å². The SMILES string of the molecule is CCNCc1sc(N(C)Cc2ccccc2Br)nc1CC. The summed E-state index contributed by atoms with van der Waals surface area (Å²) in [6.45, 7) is 7.07. The van der Waals surface area contributed by atoms with Crippen molar-refractivity contribution in [2.75, 3.05) is 18.5 Å². The highest BCUT2D eigenvalue weighted by atomic mass is 79.9. The molecule has 0 spiro atoms. The molecule has 0 unspecified atom stereocenters. The molecule has 0 saturated carbocycles. The number of nitrogens with one attached hydrogen (secondary N) is 1. The van der Waals surface area contributed by atoms with Gasteiger partial charge in [0.1, 0.15) is 0 Å². The van der Waals surface area contributed by atoms with E-state index in [2.05, 4.69) is 65.2 Å². The van der Waals surface area contributed by atoms with Crippen LogP contribution in [0.5, 0.6) is 0 Å². The van der Waals surface area contributed by atoms with Crippen molar-refractivity contribution in [3.63, 3.8) is 0 Å². The van der Waals surface area contributed by atoms with Crippen molar-refractivity contribution >= 4 is 32.4 Å². The third kappa shape index (κ3) is 4.28. The Bertz CT molecular complexity index is 583. The van der Waals surface area contributed by atoms with Crippen LogP contribution in [0, 0.1) is 0 Å². The van der Waals surface area contributed by atoms with Crippen LogP contribution in [0.4, 0.5) is 5.13 Å². The van der Waals surface area contributed by atoms with Crippen LogP contribution in [0.1, 0.15) is 30.0 Å². The van der Waals surface area contributed by atoms with Crippen molar-refractivity contribution < 1.29 is 0 Å². The lowest BCUT2D eigenvalue weighted by molar-refractivity contribution is 0.727. The van der Waals surface area contributed by atoms with Gasteiger partial charge < -0.3 is 10.2 Å². The molecule has 0 aliphatic heterocycles. The van der Waals surface area contributed by atoms with Gasteiger partial charge in [-0.3, -0.25) is 0 Å². The van der Waals surface area contributed by atoms with E-state index in [4.69, 9.17) is 4.98 Å². The van der Waals surface area contributed by atoms with E-state index in [9.17, 15) is 0 Å². The molecule has 0 aliphatic carbocycles. The summed E-state index contributed by atoms with van der Waals surface area (Å²) in [7, 11) is 2.11. The van der Waals surface area contributed by atoms with Crippen LogP contribution in [-0.4, -0.2) is 18.6 Å². The van der Waals surface area contributed by atoms with Crippen LogP contribution < -0.4 is 10.2 Å². The lowest BCUT2D eigenvalue weighted by atomic mass is 10.2. The number of hydrogen-bond donors (Lipinski definition) is 1. The Morgan fingerprint density at radius 2 is 2.05 bits per heavy atom. The first-order chi connectivity index (χ1) is 10.2. The average Bonchev–Trinajstić information content (AvgIpc) is 2.90. The molecule has 3 nitrogen and oxygen atoms in total. The van der Waals surface area contributed by atoms with Crippen molar-refractivity contribution in [1.82, 2.24) is 10.3 Å². The number of hydrogen-bond acceptors (Lipinski definition) is 4. The van der Waals surface area contributed by atoms with Gasteiger partial charge in [0.15, 0.2) is 5.13 Å². The summed E-state index contributed by atoms with van der Waals surface area (Å²) in [5.41, 5.74) is 2.50. The van der Waals surface area contributed by atoms with Gasteiger partial charge in [0.25, 0.3) is 0 Å². The molecular weight excluding hydrogens is 346 g/mol. The summed E-state index contributed by atoms with van der Waals surface area (Å²) >= 11 is 5.41. The van der Waals surface area contributed by atoms with Gasteiger partial charge in [0.05, 0.1) is 5.69 Å². The van der Waals surface area contributed by atoms with Crippen molar-refractivity contribution in [2.24, 2.45) is 0 Å². The number of benzene rings is 1. The van der Waals surface area contributed by atoms with Gasteiger partial charge in [-0.25, -0.2) is 4.98 Å². The third-order valence-electron chi connectivity index (χ3n) is 3.33. The number of aromatic nitrogens is 1. The van der Waals surface area contributed by atoms with Crippen molar-refractivity contribution in [3.8, 4) is 0 Å². The fourth-order valence-corrected chi connectivity index (χ4v) is 3.62. The van der Waals surface area contributed by atoms with E-state index in [1.54, 1.807) is 11.3 Å². The Kier molecular flexibility index (Phi) is 6.21. The van der Waals surface area contributed by atoms with Crippen LogP contribution in [0.3, 0.4) is 0 Å². The van der Waals surface area contributed by atoms with E-state index < -0.39 is 0 Å². The van der Waals surface area contributed by atoms with Crippen molar-refractivity contribution in [1.29, 1.82) is 0 Å². The molecule has 0 amide bonds. The Labute approximate surface area is 139 Å². The minimum absolute atomic E-state index is 0.860. The fraction of sp³-hybridized carbons (Fsp3) is 0.438. The number of thiazole rings is 1. The predicted octanol–water partition coefficient (Wildman–Crippen LogP) is 4.21. The summed E-state index contributed by atoms with van der Waals surface area (Å²) in [4.78, 5) is 8.37. The highest BCUT2D eigenvalue weighted by Gasteiger charge is 2.13. The van der Waals surface area contributed by atoms with E-state index in [1.807, 2.05) is 6.07 Å². The van der Waals surface area contributed by atoms with E-state index in [0.717, 1.165) is 35.7 Å². The Hall–Kier alpha value is -0.910.